The van der Waals surface area contributed by atoms with E-state index in [4.69, 9.17) is 4.74 Å². The largest absolute Gasteiger partial charge is 0.439 e. The molecule has 0 aliphatic rings. The lowest BCUT2D eigenvalue weighted by Crippen LogP contribution is -1.93. The fourth-order valence-corrected chi connectivity index (χ4v) is 1.40. The zero-order valence-corrected chi connectivity index (χ0v) is 9.07. The zero-order chi connectivity index (χ0) is 11.5. The molecule has 2 rings (SSSR count). The summed E-state index contributed by atoms with van der Waals surface area (Å²) in [6.45, 7) is 3.93. The lowest BCUT2D eigenvalue weighted by molar-refractivity contribution is 0.447. The van der Waals surface area contributed by atoms with Crippen molar-refractivity contribution in [3.63, 3.8) is 0 Å². The van der Waals surface area contributed by atoms with Gasteiger partial charge in [-0.2, -0.15) is 4.39 Å². The van der Waals surface area contributed by atoms with Crippen LogP contribution in [0.4, 0.5) is 4.39 Å². The standard InChI is InChI=1S/C12H11FN2O/c1-8-3-4-10(9(2)5-8)16-12-6-11(13)14-7-15-12/h3-7H,1-2H3. The third-order valence-electron chi connectivity index (χ3n) is 2.15. The molecule has 4 heteroatoms. The van der Waals surface area contributed by atoms with Crippen LogP contribution in [-0.2, 0) is 0 Å². The molecule has 1 heterocycles. The van der Waals surface area contributed by atoms with Crippen LogP contribution >= 0.6 is 0 Å². The maximum absolute atomic E-state index is 12.8. The van der Waals surface area contributed by atoms with Crippen LogP contribution in [0.3, 0.4) is 0 Å². The van der Waals surface area contributed by atoms with Crippen molar-refractivity contribution in [1.29, 1.82) is 0 Å². The Hall–Kier alpha value is -1.97. The van der Waals surface area contributed by atoms with Gasteiger partial charge in [-0.15, -0.1) is 0 Å². The van der Waals surface area contributed by atoms with Crippen molar-refractivity contribution in [3.05, 3.63) is 47.7 Å². The van der Waals surface area contributed by atoms with Crippen LogP contribution in [0.15, 0.2) is 30.6 Å². The molecule has 0 bridgehead atoms. The van der Waals surface area contributed by atoms with Crippen molar-refractivity contribution in [2.24, 2.45) is 0 Å². The monoisotopic (exact) mass is 218 g/mol. The fraction of sp³-hybridized carbons (Fsp3) is 0.167. The normalized spacial score (nSPS) is 10.2. The van der Waals surface area contributed by atoms with Gasteiger partial charge < -0.3 is 4.74 Å². The molecule has 82 valence electrons. The summed E-state index contributed by atoms with van der Waals surface area (Å²) in [7, 11) is 0. The SMILES string of the molecule is Cc1ccc(Oc2cc(F)ncn2)c(C)c1. The van der Waals surface area contributed by atoms with Crippen molar-refractivity contribution in [2.45, 2.75) is 13.8 Å². The first kappa shape index (κ1) is 10.5. The summed E-state index contributed by atoms with van der Waals surface area (Å²) < 4.78 is 18.3. The first-order valence-corrected chi connectivity index (χ1v) is 4.88. The number of aromatic nitrogens is 2. The number of ether oxygens (including phenoxy) is 1. The molecule has 3 nitrogen and oxygen atoms in total. The summed E-state index contributed by atoms with van der Waals surface area (Å²) in [5, 5.41) is 0. The third-order valence-corrected chi connectivity index (χ3v) is 2.15. The maximum atomic E-state index is 12.8. The smallest absolute Gasteiger partial charge is 0.225 e. The lowest BCUT2D eigenvalue weighted by Gasteiger charge is -2.07. The van der Waals surface area contributed by atoms with Crippen LogP contribution in [0.5, 0.6) is 11.6 Å². The van der Waals surface area contributed by atoms with Gasteiger partial charge in [0, 0.05) is 0 Å². The number of nitrogens with zero attached hydrogens (tertiary/aromatic N) is 2. The Bertz CT molecular complexity index is 514. The highest BCUT2D eigenvalue weighted by molar-refractivity contribution is 5.37. The van der Waals surface area contributed by atoms with E-state index in [0.29, 0.717) is 5.75 Å². The molecule has 0 aliphatic carbocycles. The molecule has 2 aromatic rings. The van der Waals surface area contributed by atoms with Gasteiger partial charge in [0.25, 0.3) is 0 Å². The van der Waals surface area contributed by atoms with Gasteiger partial charge in [-0.25, -0.2) is 9.97 Å². The predicted molar refractivity (Wildman–Crippen MR) is 58.0 cm³/mol. The van der Waals surface area contributed by atoms with Gasteiger partial charge in [-0.1, -0.05) is 17.7 Å². The number of hydrogen-bond acceptors (Lipinski definition) is 3. The molecule has 0 amide bonds. The molecule has 0 N–H and O–H groups in total. The Kier molecular flexibility index (Phi) is 2.81. The molecule has 0 saturated carbocycles. The molecule has 0 saturated heterocycles. The topological polar surface area (TPSA) is 35.0 Å². The Morgan fingerprint density at radius 2 is 1.94 bits per heavy atom. The van der Waals surface area contributed by atoms with Crippen molar-refractivity contribution < 1.29 is 9.13 Å². The molecular weight excluding hydrogens is 207 g/mol. The van der Waals surface area contributed by atoms with Crippen LogP contribution in [0, 0.1) is 19.8 Å². The van der Waals surface area contributed by atoms with E-state index in [-0.39, 0.29) is 5.88 Å². The van der Waals surface area contributed by atoms with Crippen LogP contribution in [0.2, 0.25) is 0 Å². The molecule has 1 aromatic heterocycles. The molecule has 0 fully saturated rings. The van der Waals surface area contributed by atoms with E-state index < -0.39 is 5.95 Å². The van der Waals surface area contributed by atoms with Gasteiger partial charge in [0.15, 0.2) is 0 Å². The molecule has 0 aliphatic heterocycles. The third kappa shape index (κ3) is 2.34. The lowest BCUT2D eigenvalue weighted by atomic mass is 10.1. The average Bonchev–Trinajstić information content (AvgIpc) is 2.22. The van der Waals surface area contributed by atoms with Gasteiger partial charge in [0.1, 0.15) is 12.1 Å². The number of aryl methyl sites for hydroxylation is 2. The van der Waals surface area contributed by atoms with E-state index in [2.05, 4.69) is 9.97 Å². The second kappa shape index (κ2) is 4.26. The maximum Gasteiger partial charge on any atom is 0.225 e. The molecule has 1 aromatic carbocycles. The zero-order valence-electron chi connectivity index (χ0n) is 9.07. The Morgan fingerprint density at radius 1 is 1.12 bits per heavy atom. The molecular formula is C12H11FN2O. The van der Waals surface area contributed by atoms with E-state index in [9.17, 15) is 4.39 Å². The van der Waals surface area contributed by atoms with Gasteiger partial charge in [-0.05, 0) is 25.5 Å². The number of hydrogen-bond donors (Lipinski definition) is 0. The minimum Gasteiger partial charge on any atom is -0.439 e. The van der Waals surface area contributed by atoms with E-state index in [1.165, 1.54) is 0 Å². The van der Waals surface area contributed by atoms with Crippen LogP contribution in [0.1, 0.15) is 11.1 Å². The molecule has 0 spiro atoms. The summed E-state index contributed by atoms with van der Waals surface area (Å²) >= 11 is 0. The summed E-state index contributed by atoms with van der Waals surface area (Å²) in [6, 6.07) is 6.91. The number of benzene rings is 1. The summed E-state index contributed by atoms with van der Waals surface area (Å²) in [5.74, 6) is 0.276. The first-order chi connectivity index (χ1) is 7.65. The first-order valence-electron chi connectivity index (χ1n) is 4.88. The minimum atomic E-state index is -0.602. The fourth-order valence-electron chi connectivity index (χ4n) is 1.40. The Labute approximate surface area is 92.9 Å². The second-order valence-electron chi connectivity index (χ2n) is 3.55. The molecule has 0 atom stereocenters. The highest BCUT2D eigenvalue weighted by Crippen LogP contribution is 2.23. The van der Waals surface area contributed by atoms with Crippen molar-refractivity contribution >= 4 is 0 Å². The molecule has 16 heavy (non-hydrogen) atoms. The van der Waals surface area contributed by atoms with Gasteiger partial charge in [-0.3, -0.25) is 0 Å². The Morgan fingerprint density at radius 3 is 2.62 bits per heavy atom. The van der Waals surface area contributed by atoms with Gasteiger partial charge in [0.2, 0.25) is 11.8 Å². The highest BCUT2D eigenvalue weighted by Gasteiger charge is 2.03. The van der Waals surface area contributed by atoms with Gasteiger partial charge >= 0.3 is 0 Å². The predicted octanol–water partition coefficient (Wildman–Crippen LogP) is 3.02. The average molecular weight is 218 g/mol. The quantitative estimate of drug-likeness (QED) is 0.727. The highest BCUT2D eigenvalue weighted by atomic mass is 19.1. The van der Waals surface area contributed by atoms with Crippen LogP contribution in [0.25, 0.3) is 0 Å². The Balaban J connectivity index is 2.27. The van der Waals surface area contributed by atoms with Crippen molar-refractivity contribution in [3.8, 4) is 11.6 Å². The van der Waals surface area contributed by atoms with Crippen LogP contribution in [-0.4, -0.2) is 9.97 Å². The molecule has 0 unspecified atom stereocenters. The minimum absolute atomic E-state index is 0.208. The second-order valence-corrected chi connectivity index (χ2v) is 3.55. The van der Waals surface area contributed by atoms with E-state index in [1.54, 1.807) is 0 Å². The van der Waals surface area contributed by atoms with Gasteiger partial charge in [0.05, 0.1) is 6.07 Å². The molecule has 0 radical (unpaired) electrons. The number of halogens is 1. The summed E-state index contributed by atoms with van der Waals surface area (Å²) in [6.07, 6.45) is 1.13. The summed E-state index contributed by atoms with van der Waals surface area (Å²) in [5.41, 5.74) is 2.14. The van der Waals surface area contributed by atoms with Crippen LogP contribution < -0.4 is 4.74 Å². The summed E-state index contributed by atoms with van der Waals surface area (Å²) in [4.78, 5) is 7.19. The van der Waals surface area contributed by atoms with Crippen molar-refractivity contribution in [2.75, 3.05) is 0 Å². The van der Waals surface area contributed by atoms with E-state index >= 15 is 0 Å². The van der Waals surface area contributed by atoms with Crippen molar-refractivity contribution in [1.82, 2.24) is 9.97 Å². The van der Waals surface area contributed by atoms with E-state index in [0.717, 1.165) is 23.5 Å². The number of rotatable bonds is 2. The van der Waals surface area contributed by atoms with E-state index in [1.807, 2.05) is 32.0 Å².